The maximum absolute atomic E-state index is 12.5. The van der Waals surface area contributed by atoms with E-state index in [1.807, 2.05) is 28.5 Å². The van der Waals surface area contributed by atoms with Crippen LogP contribution in [0.3, 0.4) is 0 Å². The van der Waals surface area contributed by atoms with Crippen molar-refractivity contribution < 1.29 is 9.53 Å². The molecule has 2 fully saturated rings. The highest BCUT2D eigenvalue weighted by atomic mass is 35.5. The van der Waals surface area contributed by atoms with Crippen LogP contribution in [-0.4, -0.2) is 59.1 Å². The van der Waals surface area contributed by atoms with E-state index in [0.717, 1.165) is 57.1 Å². The Labute approximate surface area is 174 Å². The second-order valence-corrected chi connectivity index (χ2v) is 8.54. The maximum atomic E-state index is 12.5. The SMILES string of the molecule is O=C(Nc1ccccc1Cl)N1CCC(N2CCC(Oc3nccs3)CC2)CC1. The predicted molar refractivity (Wildman–Crippen MR) is 112 cm³/mol. The number of carbonyl (C=O) groups excluding carboxylic acids is 1. The second-order valence-electron chi connectivity index (χ2n) is 7.28. The highest BCUT2D eigenvalue weighted by Gasteiger charge is 2.30. The number of aromatic nitrogens is 1. The number of amides is 2. The van der Waals surface area contributed by atoms with Gasteiger partial charge in [-0.05, 0) is 37.8 Å². The molecule has 1 aromatic heterocycles. The predicted octanol–water partition coefficient (Wildman–Crippen LogP) is 4.34. The minimum atomic E-state index is -0.0675. The van der Waals surface area contributed by atoms with Gasteiger partial charge in [-0.2, -0.15) is 0 Å². The average Bonchev–Trinajstić information content (AvgIpc) is 3.23. The number of nitrogens with one attached hydrogen (secondary N) is 1. The summed E-state index contributed by atoms with van der Waals surface area (Å²) in [5.74, 6) is 0. The van der Waals surface area contributed by atoms with Crippen molar-refractivity contribution in [3.63, 3.8) is 0 Å². The van der Waals surface area contributed by atoms with Crippen molar-refractivity contribution in [2.75, 3.05) is 31.5 Å². The van der Waals surface area contributed by atoms with Gasteiger partial charge in [-0.1, -0.05) is 35.1 Å². The summed E-state index contributed by atoms with van der Waals surface area (Å²) >= 11 is 7.69. The zero-order chi connectivity index (χ0) is 19.3. The van der Waals surface area contributed by atoms with Crippen LogP contribution in [0.4, 0.5) is 10.5 Å². The zero-order valence-corrected chi connectivity index (χ0v) is 17.3. The fraction of sp³-hybridized carbons (Fsp3) is 0.500. The van der Waals surface area contributed by atoms with Gasteiger partial charge in [-0.25, -0.2) is 9.78 Å². The number of halogens is 1. The monoisotopic (exact) mass is 420 g/mol. The molecule has 8 heteroatoms. The van der Waals surface area contributed by atoms with Gasteiger partial charge in [-0.3, -0.25) is 4.90 Å². The normalized spacial score (nSPS) is 19.5. The van der Waals surface area contributed by atoms with E-state index in [0.29, 0.717) is 16.8 Å². The Kier molecular flexibility index (Phi) is 6.34. The first-order valence-corrected chi connectivity index (χ1v) is 11.1. The largest absolute Gasteiger partial charge is 0.467 e. The van der Waals surface area contributed by atoms with Gasteiger partial charge in [0.2, 0.25) is 0 Å². The number of nitrogens with zero attached hydrogens (tertiary/aromatic N) is 3. The number of hydrogen-bond acceptors (Lipinski definition) is 5. The van der Waals surface area contributed by atoms with Crippen LogP contribution in [0.1, 0.15) is 25.7 Å². The van der Waals surface area contributed by atoms with Crippen LogP contribution in [0.2, 0.25) is 5.02 Å². The van der Waals surface area contributed by atoms with Gasteiger partial charge in [0.15, 0.2) is 0 Å². The Morgan fingerprint density at radius 3 is 2.57 bits per heavy atom. The number of thiazole rings is 1. The fourth-order valence-corrected chi connectivity index (χ4v) is 4.70. The van der Waals surface area contributed by atoms with E-state index in [-0.39, 0.29) is 12.1 Å². The summed E-state index contributed by atoms with van der Waals surface area (Å²) in [5, 5.41) is 6.20. The van der Waals surface area contributed by atoms with Crippen LogP contribution in [0.25, 0.3) is 0 Å². The molecule has 1 N–H and O–H groups in total. The van der Waals surface area contributed by atoms with Gasteiger partial charge in [-0.15, -0.1) is 0 Å². The Morgan fingerprint density at radius 1 is 1.14 bits per heavy atom. The first-order chi connectivity index (χ1) is 13.7. The van der Waals surface area contributed by atoms with E-state index in [1.54, 1.807) is 23.6 Å². The highest BCUT2D eigenvalue weighted by Crippen LogP contribution is 2.26. The number of piperidine rings is 2. The van der Waals surface area contributed by atoms with Crippen molar-refractivity contribution in [2.45, 2.75) is 37.8 Å². The van der Waals surface area contributed by atoms with Crippen molar-refractivity contribution in [1.29, 1.82) is 0 Å². The van der Waals surface area contributed by atoms with Crippen molar-refractivity contribution >= 4 is 34.7 Å². The number of anilines is 1. The summed E-state index contributed by atoms with van der Waals surface area (Å²) in [5.41, 5.74) is 0.665. The molecule has 3 heterocycles. The molecular formula is C20H25ClN4O2S. The van der Waals surface area contributed by atoms with Crippen LogP contribution >= 0.6 is 22.9 Å². The molecule has 28 heavy (non-hydrogen) atoms. The highest BCUT2D eigenvalue weighted by molar-refractivity contribution is 7.11. The van der Waals surface area contributed by atoms with Gasteiger partial charge in [0.25, 0.3) is 5.19 Å². The Bertz CT molecular complexity index is 772. The molecule has 2 amide bonds. The number of para-hydroxylation sites is 1. The second kappa shape index (κ2) is 9.11. The molecule has 0 spiro atoms. The molecular weight excluding hydrogens is 396 g/mol. The molecule has 2 saturated heterocycles. The number of urea groups is 1. The summed E-state index contributed by atoms with van der Waals surface area (Å²) in [6.45, 7) is 3.64. The number of ether oxygens (including phenoxy) is 1. The van der Waals surface area contributed by atoms with E-state index < -0.39 is 0 Å². The van der Waals surface area contributed by atoms with E-state index >= 15 is 0 Å². The minimum Gasteiger partial charge on any atom is -0.467 e. The molecule has 150 valence electrons. The number of benzene rings is 1. The zero-order valence-electron chi connectivity index (χ0n) is 15.7. The molecule has 2 aromatic rings. The fourth-order valence-electron chi connectivity index (χ4n) is 3.96. The molecule has 0 unspecified atom stereocenters. The summed E-state index contributed by atoms with van der Waals surface area (Å²) in [7, 11) is 0. The third-order valence-corrected chi connectivity index (χ3v) is 6.53. The summed E-state index contributed by atoms with van der Waals surface area (Å²) in [4.78, 5) is 21.2. The van der Waals surface area contributed by atoms with Crippen molar-refractivity contribution in [3.8, 4) is 5.19 Å². The van der Waals surface area contributed by atoms with Crippen LogP contribution in [0, 0.1) is 0 Å². The van der Waals surface area contributed by atoms with Crippen LogP contribution < -0.4 is 10.1 Å². The molecule has 2 aliphatic heterocycles. The summed E-state index contributed by atoms with van der Waals surface area (Å²) < 4.78 is 5.95. The molecule has 4 rings (SSSR count). The lowest BCUT2D eigenvalue weighted by molar-refractivity contribution is 0.0544. The van der Waals surface area contributed by atoms with Gasteiger partial charge < -0.3 is 15.0 Å². The third kappa shape index (κ3) is 4.77. The Morgan fingerprint density at radius 2 is 1.89 bits per heavy atom. The lowest BCUT2D eigenvalue weighted by atomic mass is 9.99. The van der Waals surface area contributed by atoms with Crippen molar-refractivity contribution in [1.82, 2.24) is 14.8 Å². The van der Waals surface area contributed by atoms with Crippen LogP contribution in [0.5, 0.6) is 5.19 Å². The van der Waals surface area contributed by atoms with Crippen molar-refractivity contribution in [3.05, 3.63) is 40.9 Å². The molecule has 1 aromatic carbocycles. The molecule has 0 radical (unpaired) electrons. The number of carbonyl (C=O) groups is 1. The van der Waals surface area contributed by atoms with Crippen LogP contribution in [-0.2, 0) is 0 Å². The molecule has 2 aliphatic rings. The van der Waals surface area contributed by atoms with Crippen LogP contribution in [0.15, 0.2) is 35.8 Å². The van der Waals surface area contributed by atoms with Gasteiger partial charge in [0.05, 0.1) is 10.7 Å². The minimum absolute atomic E-state index is 0.0675. The quantitative estimate of drug-likeness (QED) is 0.799. The third-order valence-electron chi connectivity index (χ3n) is 5.54. The lowest BCUT2D eigenvalue weighted by Crippen LogP contribution is -2.50. The Balaban J connectivity index is 1.21. The molecule has 0 saturated carbocycles. The molecule has 6 nitrogen and oxygen atoms in total. The standard InChI is InChI=1S/C20H25ClN4O2S/c21-17-3-1-2-4-18(17)23-19(26)25-10-5-15(6-11-25)24-12-7-16(8-13-24)27-20-22-9-14-28-20/h1-4,9,14-16H,5-8,10-13H2,(H,23,26). The number of hydrogen-bond donors (Lipinski definition) is 1. The van der Waals surface area contributed by atoms with E-state index in [9.17, 15) is 4.79 Å². The number of rotatable bonds is 4. The van der Waals surface area contributed by atoms with Gasteiger partial charge in [0, 0.05) is 43.8 Å². The molecule has 0 aliphatic carbocycles. The molecule has 0 atom stereocenters. The van der Waals surface area contributed by atoms with E-state index in [4.69, 9.17) is 16.3 Å². The lowest BCUT2D eigenvalue weighted by Gasteiger charge is -2.41. The molecule has 0 bridgehead atoms. The summed E-state index contributed by atoms with van der Waals surface area (Å²) in [6, 6.07) is 7.81. The topological polar surface area (TPSA) is 57.7 Å². The smallest absolute Gasteiger partial charge is 0.321 e. The summed E-state index contributed by atoms with van der Waals surface area (Å²) in [6.07, 6.45) is 6.13. The number of likely N-dealkylation sites (tertiary alicyclic amines) is 2. The van der Waals surface area contributed by atoms with E-state index in [2.05, 4.69) is 15.2 Å². The van der Waals surface area contributed by atoms with E-state index in [1.165, 1.54) is 0 Å². The van der Waals surface area contributed by atoms with Gasteiger partial charge >= 0.3 is 6.03 Å². The maximum Gasteiger partial charge on any atom is 0.321 e. The first kappa shape index (κ1) is 19.5. The first-order valence-electron chi connectivity index (χ1n) is 9.79. The average molecular weight is 421 g/mol. The van der Waals surface area contributed by atoms with Crippen molar-refractivity contribution in [2.24, 2.45) is 0 Å². The van der Waals surface area contributed by atoms with Gasteiger partial charge in [0.1, 0.15) is 6.10 Å². The Hall–Kier alpha value is -1.83.